The lowest BCUT2D eigenvalue weighted by molar-refractivity contribution is 0.0949. The molecule has 0 saturated carbocycles. The van der Waals surface area contributed by atoms with Gasteiger partial charge in [0.15, 0.2) is 0 Å². The Kier molecular flexibility index (Phi) is 3.07. The van der Waals surface area contributed by atoms with Crippen molar-refractivity contribution in [2.75, 3.05) is 0 Å². The summed E-state index contributed by atoms with van der Waals surface area (Å²) in [5, 5.41) is 4.47. The fraction of sp³-hybridized carbons (Fsp3) is 0.0870. The Morgan fingerprint density at radius 2 is 1.58 bits per heavy atom. The Bertz CT molecular complexity index is 1140. The zero-order valence-electron chi connectivity index (χ0n) is 14.4. The van der Waals surface area contributed by atoms with Crippen LogP contribution in [0.25, 0.3) is 10.9 Å². The van der Waals surface area contributed by atoms with Gasteiger partial charge in [0.05, 0.1) is 0 Å². The van der Waals surface area contributed by atoms with Gasteiger partial charge in [-0.15, -0.1) is 0 Å². The molecule has 2 heterocycles. The van der Waals surface area contributed by atoms with E-state index < -0.39 is 5.54 Å². The van der Waals surface area contributed by atoms with Gasteiger partial charge in [0.2, 0.25) is 0 Å². The van der Waals surface area contributed by atoms with Crippen LogP contribution in [0.4, 0.5) is 0 Å². The maximum absolute atomic E-state index is 12.8. The van der Waals surface area contributed by atoms with E-state index in [-0.39, 0.29) is 5.91 Å². The van der Waals surface area contributed by atoms with Crippen LogP contribution in [-0.4, -0.2) is 10.9 Å². The van der Waals surface area contributed by atoms with Gasteiger partial charge in [-0.3, -0.25) is 4.79 Å². The van der Waals surface area contributed by atoms with E-state index in [0.717, 1.165) is 33.2 Å². The molecule has 1 aliphatic heterocycles. The average Bonchev–Trinajstić information content (AvgIpc) is 3.24. The molecule has 1 aliphatic rings. The van der Waals surface area contributed by atoms with Crippen molar-refractivity contribution >= 4 is 16.8 Å². The number of aromatic nitrogens is 1. The Balaban J connectivity index is 1.93. The van der Waals surface area contributed by atoms with Gasteiger partial charge in [0, 0.05) is 28.2 Å². The van der Waals surface area contributed by atoms with Crippen molar-refractivity contribution in [3.05, 3.63) is 107 Å². The first-order valence-corrected chi connectivity index (χ1v) is 8.76. The van der Waals surface area contributed by atoms with Crippen molar-refractivity contribution in [3.8, 4) is 0 Å². The Morgan fingerprint density at radius 3 is 2.42 bits per heavy atom. The lowest BCUT2D eigenvalue weighted by Gasteiger charge is -2.31. The largest absolute Gasteiger partial charge is 0.361 e. The van der Waals surface area contributed by atoms with Gasteiger partial charge in [-0.1, -0.05) is 60.7 Å². The molecule has 0 bridgehead atoms. The SMILES string of the molecule is Cc1cccc2[nH]cc([C@]3(c4ccccc4)NC(=O)c4ccccc43)c12. The first-order chi connectivity index (χ1) is 12.7. The number of nitrogens with one attached hydrogen (secondary N) is 2. The molecule has 3 nitrogen and oxygen atoms in total. The molecule has 2 N–H and O–H groups in total. The molecular weight excluding hydrogens is 320 g/mol. The van der Waals surface area contributed by atoms with Gasteiger partial charge in [0.25, 0.3) is 5.91 Å². The lowest BCUT2D eigenvalue weighted by atomic mass is 9.77. The topological polar surface area (TPSA) is 44.9 Å². The van der Waals surface area contributed by atoms with Crippen LogP contribution in [-0.2, 0) is 5.54 Å². The number of rotatable bonds is 2. The summed E-state index contributed by atoms with van der Waals surface area (Å²) in [4.78, 5) is 16.2. The number of amides is 1. The highest BCUT2D eigenvalue weighted by molar-refractivity contribution is 6.03. The van der Waals surface area contributed by atoms with Crippen LogP contribution in [0.3, 0.4) is 0 Å². The van der Waals surface area contributed by atoms with Crippen LogP contribution in [0, 0.1) is 6.92 Å². The predicted molar refractivity (Wildman–Crippen MR) is 103 cm³/mol. The summed E-state index contributed by atoms with van der Waals surface area (Å²) in [6, 6.07) is 24.3. The number of fused-ring (bicyclic) bond motifs is 2. The van der Waals surface area contributed by atoms with E-state index in [1.165, 1.54) is 5.56 Å². The Labute approximate surface area is 151 Å². The minimum absolute atomic E-state index is 0.0348. The van der Waals surface area contributed by atoms with E-state index in [0.29, 0.717) is 0 Å². The van der Waals surface area contributed by atoms with E-state index in [1.807, 2.05) is 48.7 Å². The molecule has 0 aliphatic carbocycles. The summed E-state index contributed by atoms with van der Waals surface area (Å²) in [5.74, 6) is -0.0348. The van der Waals surface area contributed by atoms with E-state index in [1.54, 1.807) is 0 Å². The molecule has 0 saturated heterocycles. The fourth-order valence-electron chi connectivity index (χ4n) is 4.26. The predicted octanol–water partition coefficient (Wildman–Crippen LogP) is 4.51. The standard InChI is InChI=1S/C23H18N2O/c1-15-8-7-13-20-21(15)19(14-24-20)23(16-9-3-2-4-10-16)18-12-6-5-11-17(18)22(26)25-23/h2-14,24H,1H3,(H,25,26)/t23-/m1/s1. The Hall–Kier alpha value is -3.33. The highest BCUT2D eigenvalue weighted by atomic mass is 16.2. The highest BCUT2D eigenvalue weighted by Crippen LogP contribution is 2.45. The third-order valence-electron chi connectivity index (χ3n) is 5.40. The van der Waals surface area contributed by atoms with Gasteiger partial charge in [-0.05, 0) is 35.7 Å². The quantitative estimate of drug-likeness (QED) is 0.555. The van der Waals surface area contributed by atoms with Gasteiger partial charge in [-0.25, -0.2) is 0 Å². The number of hydrogen-bond donors (Lipinski definition) is 2. The molecule has 0 radical (unpaired) electrons. The van der Waals surface area contributed by atoms with Crippen LogP contribution < -0.4 is 5.32 Å². The van der Waals surface area contributed by atoms with Crippen molar-refractivity contribution in [1.29, 1.82) is 0 Å². The second-order valence-electron chi connectivity index (χ2n) is 6.82. The summed E-state index contributed by atoms with van der Waals surface area (Å²) >= 11 is 0. The minimum atomic E-state index is -0.695. The number of benzene rings is 3. The maximum Gasteiger partial charge on any atom is 0.252 e. The smallest absolute Gasteiger partial charge is 0.252 e. The van der Waals surface area contributed by atoms with E-state index in [4.69, 9.17) is 0 Å². The third kappa shape index (κ3) is 1.85. The summed E-state index contributed by atoms with van der Waals surface area (Å²) < 4.78 is 0. The molecule has 1 amide bonds. The molecule has 0 spiro atoms. The van der Waals surface area contributed by atoms with Crippen molar-refractivity contribution in [2.24, 2.45) is 0 Å². The molecule has 0 unspecified atom stereocenters. The number of carbonyl (C=O) groups is 1. The first-order valence-electron chi connectivity index (χ1n) is 8.76. The molecule has 26 heavy (non-hydrogen) atoms. The number of aromatic amines is 1. The molecular formula is C23H18N2O. The van der Waals surface area contributed by atoms with Gasteiger partial charge in [0.1, 0.15) is 5.54 Å². The van der Waals surface area contributed by atoms with Crippen LogP contribution in [0.15, 0.2) is 79.0 Å². The zero-order chi connectivity index (χ0) is 17.7. The van der Waals surface area contributed by atoms with Gasteiger partial charge in [-0.2, -0.15) is 0 Å². The molecule has 0 fully saturated rings. The second-order valence-corrected chi connectivity index (χ2v) is 6.82. The van der Waals surface area contributed by atoms with E-state index >= 15 is 0 Å². The lowest BCUT2D eigenvalue weighted by Crippen LogP contribution is -2.41. The number of H-pyrrole nitrogens is 1. The highest BCUT2D eigenvalue weighted by Gasteiger charge is 2.46. The monoisotopic (exact) mass is 338 g/mol. The molecule has 3 heteroatoms. The van der Waals surface area contributed by atoms with E-state index in [2.05, 4.69) is 47.6 Å². The maximum atomic E-state index is 12.8. The van der Waals surface area contributed by atoms with Crippen molar-refractivity contribution in [1.82, 2.24) is 10.3 Å². The first kappa shape index (κ1) is 15.0. The van der Waals surface area contributed by atoms with Gasteiger partial charge >= 0.3 is 0 Å². The Morgan fingerprint density at radius 1 is 0.808 bits per heavy atom. The molecule has 126 valence electrons. The number of carbonyl (C=O) groups excluding carboxylic acids is 1. The molecule has 3 aromatic carbocycles. The van der Waals surface area contributed by atoms with Crippen molar-refractivity contribution < 1.29 is 4.79 Å². The summed E-state index contributed by atoms with van der Waals surface area (Å²) in [6.07, 6.45) is 2.03. The molecule has 5 rings (SSSR count). The van der Waals surface area contributed by atoms with Crippen molar-refractivity contribution in [2.45, 2.75) is 12.5 Å². The van der Waals surface area contributed by atoms with Crippen LogP contribution in [0.1, 0.15) is 32.6 Å². The van der Waals surface area contributed by atoms with Gasteiger partial charge < -0.3 is 10.3 Å². The normalized spacial score (nSPS) is 18.7. The van der Waals surface area contributed by atoms with Crippen LogP contribution >= 0.6 is 0 Å². The zero-order valence-corrected chi connectivity index (χ0v) is 14.4. The summed E-state index contributed by atoms with van der Waals surface area (Å²) in [7, 11) is 0. The fourth-order valence-corrected chi connectivity index (χ4v) is 4.26. The van der Waals surface area contributed by atoms with E-state index in [9.17, 15) is 4.79 Å². The number of hydrogen-bond acceptors (Lipinski definition) is 1. The van der Waals surface area contributed by atoms with Crippen LogP contribution in [0.5, 0.6) is 0 Å². The second kappa shape index (κ2) is 5.33. The molecule has 4 aromatic rings. The van der Waals surface area contributed by atoms with Crippen molar-refractivity contribution in [3.63, 3.8) is 0 Å². The molecule has 1 atom stereocenters. The van der Waals surface area contributed by atoms with Crippen LogP contribution in [0.2, 0.25) is 0 Å². The third-order valence-corrected chi connectivity index (χ3v) is 5.40. The molecule has 1 aromatic heterocycles. The number of aryl methyl sites for hydroxylation is 1. The summed E-state index contributed by atoms with van der Waals surface area (Å²) in [5.41, 5.74) is 5.44. The minimum Gasteiger partial charge on any atom is -0.361 e. The summed E-state index contributed by atoms with van der Waals surface area (Å²) in [6.45, 7) is 2.11. The average molecular weight is 338 g/mol.